The third-order valence-corrected chi connectivity index (χ3v) is 2.90. The Balaban J connectivity index is 2.17. The van der Waals surface area contributed by atoms with E-state index in [1.807, 2.05) is 0 Å². The molecule has 0 N–H and O–H groups in total. The molecular formula is C12H10BrF3N2O2. The maximum absolute atomic E-state index is 12.3. The third kappa shape index (κ3) is 3.89. The van der Waals surface area contributed by atoms with Crippen LogP contribution in [0.5, 0.6) is 11.5 Å². The van der Waals surface area contributed by atoms with Gasteiger partial charge in [0.1, 0.15) is 6.61 Å². The fourth-order valence-electron chi connectivity index (χ4n) is 1.52. The molecule has 0 saturated carbocycles. The molecule has 0 aliphatic rings. The fraction of sp³-hybridized carbons (Fsp3) is 0.250. The standard InChI is InChI=1S/C12H10BrF3N2O2/c1-18-5-8(17-7-18)6-19-11-9(13)3-2-4-10(11)20-12(14,15)16/h2-5,7H,6H2,1H3. The number of ether oxygens (including phenoxy) is 2. The number of halogens is 4. The van der Waals surface area contributed by atoms with Crippen molar-refractivity contribution in [3.05, 3.63) is 40.9 Å². The number of rotatable bonds is 4. The molecule has 0 saturated heterocycles. The monoisotopic (exact) mass is 350 g/mol. The summed E-state index contributed by atoms with van der Waals surface area (Å²) in [6.45, 7) is 0.0394. The van der Waals surface area contributed by atoms with E-state index in [1.54, 1.807) is 30.2 Å². The summed E-state index contributed by atoms with van der Waals surface area (Å²) in [6, 6.07) is 4.18. The van der Waals surface area contributed by atoms with Crippen LogP contribution in [-0.4, -0.2) is 15.9 Å². The molecule has 0 spiro atoms. The molecule has 1 heterocycles. The molecule has 108 valence electrons. The molecule has 0 aliphatic heterocycles. The second-order valence-electron chi connectivity index (χ2n) is 3.93. The van der Waals surface area contributed by atoms with Crippen LogP contribution in [0.2, 0.25) is 0 Å². The van der Waals surface area contributed by atoms with Crippen LogP contribution in [0, 0.1) is 0 Å². The Morgan fingerprint density at radius 1 is 1.35 bits per heavy atom. The molecule has 2 rings (SSSR count). The highest BCUT2D eigenvalue weighted by Crippen LogP contribution is 2.38. The number of imidazole rings is 1. The maximum atomic E-state index is 12.3. The average molecular weight is 351 g/mol. The summed E-state index contributed by atoms with van der Waals surface area (Å²) in [5.74, 6) is -0.418. The molecule has 0 atom stereocenters. The normalized spacial score (nSPS) is 11.4. The summed E-state index contributed by atoms with van der Waals surface area (Å²) < 4.78 is 48.3. The first-order chi connectivity index (χ1) is 9.35. The van der Waals surface area contributed by atoms with Crippen LogP contribution >= 0.6 is 15.9 Å². The van der Waals surface area contributed by atoms with E-state index >= 15 is 0 Å². The van der Waals surface area contributed by atoms with Gasteiger partial charge in [-0.2, -0.15) is 0 Å². The Morgan fingerprint density at radius 2 is 2.10 bits per heavy atom. The van der Waals surface area contributed by atoms with Crippen molar-refractivity contribution in [3.63, 3.8) is 0 Å². The van der Waals surface area contributed by atoms with E-state index in [0.29, 0.717) is 10.2 Å². The summed E-state index contributed by atoms with van der Waals surface area (Å²) in [6.07, 6.45) is -1.49. The van der Waals surface area contributed by atoms with Crippen LogP contribution in [0.3, 0.4) is 0 Å². The first kappa shape index (κ1) is 14.7. The lowest BCUT2D eigenvalue weighted by Gasteiger charge is -2.14. The number of para-hydroxylation sites is 1. The van der Waals surface area contributed by atoms with Crippen molar-refractivity contribution < 1.29 is 22.6 Å². The molecular weight excluding hydrogens is 341 g/mol. The zero-order valence-corrected chi connectivity index (χ0v) is 11.9. The molecule has 1 aromatic heterocycles. The number of hydrogen-bond donors (Lipinski definition) is 0. The molecule has 0 radical (unpaired) electrons. The predicted octanol–water partition coefficient (Wildman–Crippen LogP) is 3.66. The largest absolute Gasteiger partial charge is 0.573 e. The van der Waals surface area contributed by atoms with Gasteiger partial charge in [0.15, 0.2) is 11.5 Å². The molecule has 8 heteroatoms. The van der Waals surface area contributed by atoms with Gasteiger partial charge in [-0.15, -0.1) is 13.2 Å². The molecule has 0 bridgehead atoms. The van der Waals surface area contributed by atoms with E-state index in [4.69, 9.17) is 4.74 Å². The van der Waals surface area contributed by atoms with Crippen LogP contribution in [0.4, 0.5) is 13.2 Å². The van der Waals surface area contributed by atoms with Crippen LogP contribution < -0.4 is 9.47 Å². The molecule has 0 aliphatic carbocycles. The second-order valence-corrected chi connectivity index (χ2v) is 4.79. The van der Waals surface area contributed by atoms with Crippen molar-refractivity contribution in [1.29, 1.82) is 0 Å². The summed E-state index contributed by atoms with van der Waals surface area (Å²) in [4.78, 5) is 4.02. The van der Waals surface area contributed by atoms with Crippen molar-refractivity contribution in [2.45, 2.75) is 13.0 Å². The second kappa shape index (κ2) is 5.74. The van der Waals surface area contributed by atoms with Gasteiger partial charge in [0.05, 0.1) is 16.5 Å². The molecule has 4 nitrogen and oxygen atoms in total. The van der Waals surface area contributed by atoms with Crippen LogP contribution in [0.1, 0.15) is 5.69 Å². The minimum Gasteiger partial charge on any atom is -0.482 e. The summed E-state index contributed by atoms with van der Waals surface area (Å²) in [5.41, 5.74) is 0.598. The van der Waals surface area contributed by atoms with Gasteiger partial charge in [-0.1, -0.05) is 6.07 Å². The van der Waals surface area contributed by atoms with Gasteiger partial charge in [0.25, 0.3) is 0 Å². The zero-order valence-electron chi connectivity index (χ0n) is 10.3. The van der Waals surface area contributed by atoms with E-state index in [9.17, 15) is 13.2 Å². The molecule has 0 amide bonds. The topological polar surface area (TPSA) is 36.3 Å². The van der Waals surface area contributed by atoms with Crippen molar-refractivity contribution >= 4 is 15.9 Å². The van der Waals surface area contributed by atoms with Gasteiger partial charge in [-0.3, -0.25) is 0 Å². The highest BCUT2D eigenvalue weighted by atomic mass is 79.9. The summed E-state index contributed by atoms with van der Waals surface area (Å²) in [7, 11) is 1.78. The minimum absolute atomic E-state index is 0.0181. The lowest BCUT2D eigenvalue weighted by molar-refractivity contribution is -0.275. The highest BCUT2D eigenvalue weighted by Gasteiger charge is 2.32. The molecule has 20 heavy (non-hydrogen) atoms. The summed E-state index contributed by atoms with van der Waals surface area (Å²) >= 11 is 3.14. The van der Waals surface area contributed by atoms with E-state index in [2.05, 4.69) is 25.7 Å². The molecule has 0 unspecified atom stereocenters. The SMILES string of the molecule is Cn1cnc(COc2c(Br)cccc2OC(F)(F)F)c1. The van der Waals surface area contributed by atoms with Gasteiger partial charge in [0, 0.05) is 13.2 Å². The van der Waals surface area contributed by atoms with Gasteiger partial charge < -0.3 is 14.0 Å². The van der Waals surface area contributed by atoms with E-state index in [1.165, 1.54) is 12.1 Å². The number of aryl methyl sites for hydroxylation is 1. The van der Waals surface area contributed by atoms with Crippen LogP contribution in [0.15, 0.2) is 35.2 Å². The molecule has 2 aromatic rings. The Hall–Kier alpha value is -1.70. The number of alkyl halides is 3. The van der Waals surface area contributed by atoms with Gasteiger partial charge in [0.2, 0.25) is 0 Å². The minimum atomic E-state index is -4.77. The Bertz CT molecular complexity index is 599. The number of aromatic nitrogens is 2. The third-order valence-electron chi connectivity index (χ3n) is 2.28. The lowest BCUT2D eigenvalue weighted by atomic mass is 10.3. The van der Waals surface area contributed by atoms with Crippen molar-refractivity contribution in [3.8, 4) is 11.5 Å². The first-order valence-corrected chi connectivity index (χ1v) is 6.28. The smallest absolute Gasteiger partial charge is 0.482 e. The van der Waals surface area contributed by atoms with Crippen molar-refractivity contribution in [1.82, 2.24) is 9.55 Å². The predicted molar refractivity (Wildman–Crippen MR) is 68.4 cm³/mol. The van der Waals surface area contributed by atoms with E-state index in [0.717, 1.165) is 0 Å². The van der Waals surface area contributed by atoms with Crippen molar-refractivity contribution in [2.24, 2.45) is 7.05 Å². The number of hydrogen-bond acceptors (Lipinski definition) is 3. The average Bonchev–Trinajstić information content (AvgIpc) is 2.72. The van der Waals surface area contributed by atoms with Crippen LogP contribution in [-0.2, 0) is 13.7 Å². The molecule has 1 aromatic carbocycles. The van der Waals surface area contributed by atoms with Crippen LogP contribution in [0.25, 0.3) is 0 Å². The fourth-order valence-corrected chi connectivity index (χ4v) is 1.98. The van der Waals surface area contributed by atoms with E-state index < -0.39 is 12.1 Å². The van der Waals surface area contributed by atoms with Gasteiger partial charge in [-0.05, 0) is 28.1 Å². The Labute approximate surface area is 121 Å². The van der Waals surface area contributed by atoms with Gasteiger partial charge in [-0.25, -0.2) is 4.98 Å². The molecule has 0 fully saturated rings. The highest BCUT2D eigenvalue weighted by molar-refractivity contribution is 9.10. The first-order valence-electron chi connectivity index (χ1n) is 5.49. The van der Waals surface area contributed by atoms with Gasteiger partial charge >= 0.3 is 6.36 Å². The van der Waals surface area contributed by atoms with Crippen molar-refractivity contribution in [2.75, 3.05) is 0 Å². The Kier molecular flexibility index (Phi) is 4.22. The Morgan fingerprint density at radius 3 is 2.70 bits per heavy atom. The summed E-state index contributed by atoms with van der Waals surface area (Å²) in [5, 5.41) is 0. The lowest BCUT2D eigenvalue weighted by Crippen LogP contribution is -2.17. The number of benzene rings is 1. The number of nitrogens with zero attached hydrogens (tertiary/aromatic N) is 2. The van der Waals surface area contributed by atoms with E-state index in [-0.39, 0.29) is 12.4 Å². The maximum Gasteiger partial charge on any atom is 0.573 e. The quantitative estimate of drug-likeness (QED) is 0.844. The zero-order chi connectivity index (χ0) is 14.8.